The maximum atomic E-state index is 11.6. The molecule has 0 aromatic carbocycles. The minimum absolute atomic E-state index is 0.260. The molecule has 0 spiro atoms. The molecule has 5 nitrogen and oxygen atoms in total. The van der Waals surface area contributed by atoms with Crippen LogP contribution >= 0.6 is 15.9 Å². The van der Waals surface area contributed by atoms with Crippen molar-refractivity contribution in [3.63, 3.8) is 0 Å². The monoisotopic (exact) mass is 291 g/mol. The van der Waals surface area contributed by atoms with Crippen LogP contribution in [0.25, 0.3) is 0 Å². The lowest BCUT2D eigenvalue weighted by Gasteiger charge is -2.07. The average Bonchev–Trinajstić information content (AvgIpc) is 2.92. The Morgan fingerprint density at radius 2 is 2.20 bits per heavy atom. The molecule has 1 aliphatic rings. The average molecular weight is 292 g/mol. The first-order chi connectivity index (χ1) is 6.99. The molecular weight excluding hydrogens is 282 g/mol. The largest absolute Gasteiger partial charge is 0.397 e. The maximum Gasteiger partial charge on any atom is 0.236 e. The summed E-state index contributed by atoms with van der Waals surface area (Å²) in [6, 6.07) is 1.61. The van der Waals surface area contributed by atoms with Crippen LogP contribution in [0.5, 0.6) is 0 Å². The van der Waals surface area contributed by atoms with Crippen molar-refractivity contribution in [3.05, 3.63) is 16.7 Å². The second kappa shape index (κ2) is 3.64. The Bertz CT molecular complexity index is 485. The van der Waals surface area contributed by atoms with E-state index < -0.39 is 10.0 Å². The molecule has 3 N–H and O–H groups in total. The van der Waals surface area contributed by atoms with Gasteiger partial charge in [0, 0.05) is 0 Å². The van der Waals surface area contributed by atoms with Crippen LogP contribution in [0.15, 0.2) is 16.7 Å². The van der Waals surface area contributed by atoms with Crippen molar-refractivity contribution in [3.8, 4) is 0 Å². The minimum atomic E-state index is -3.26. The molecule has 1 fully saturated rings. The molecule has 1 saturated carbocycles. The molecule has 0 saturated heterocycles. The van der Waals surface area contributed by atoms with Crippen LogP contribution in [0.2, 0.25) is 0 Å². The maximum absolute atomic E-state index is 11.6. The van der Waals surface area contributed by atoms with Gasteiger partial charge in [-0.25, -0.2) is 13.4 Å². The standard InChI is InChI=1S/C8H10BrN3O2S/c9-7-3-5(10)4-11-8(7)12-15(13,14)6-1-2-6/h3-4,6H,1-2,10H2,(H,11,12). The molecular formula is C8H10BrN3O2S. The number of nitrogen functional groups attached to an aromatic ring is 1. The van der Waals surface area contributed by atoms with Crippen LogP contribution in [-0.4, -0.2) is 18.7 Å². The van der Waals surface area contributed by atoms with Crippen molar-refractivity contribution >= 4 is 37.5 Å². The topological polar surface area (TPSA) is 85.1 Å². The molecule has 82 valence electrons. The van der Waals surface area contributed by atoms with Crippen molar-refractivity contribution in [2.45, 2.75) is 18.1 Å². The normalized spacial score (nSPS) is 16.3. The third-order valence-corrected chi connectivity index (χ3v) is 4.50. The summed E-state index contributed by atoms with van der Waals surface area (Å²) in [4.78, 5) is 3.91. The molecule has 1 aliphatic carbocycles. The molecule has 0 amide bonds. The number of rotatable bonds is 3. The number of nitrogens with one attached hydrogen (secondary N) is 1. The lowest BCUT2D eigenvalue weighted by molar-refractivity contribution is 0.599. The highest BCUT2D eigenvalue weighted by atomic mass is 79.9. The van der Waals surface area contributed by atoms with Crippen LogP contribution in [0.1, 0.15) is 12.8 Å². The summed E-state index contributed by atoms with van der Waals surface area (Å²) in [6.07, 6.45) is 2.86. The summed E-state index contributed by atoms with van der Waals surface area (Å²) >= 11 is 3.20. The van der Waals surface area contributed by atoms with Gasteiger partial charge in [-0.3, -0.25) is 4.72 Å². The van der Waals surface area contributed by atoms with Crippen molar-refractivity contribution in [1.29, 1.82) is 0 Å². The molecule has 2 rings (SSSR count). The van der Waals surface area contributed by atoms with Gasteiger partial charge in [0.25, 0.3) is 0 Å². The second-order valence-corrected chi connectivity index (χ2v) is 6.26. The van der Waals surface area contributed by atoms with Crippen LogP contribution in [0, 0.1) is 0 Å². The number of nitrogens with zero attached hydrogens (tertiary/aromatic N) is 1. The summed E-state index contributed by atoms with van der Waals surface area (Å²) in [5.41, 5.74) is 5.98. The van der Waals surface area contributed by atoms with E-state index >= 15 is 0 Å². The van der Waals surface area contributed by atoms with Gasteiger partial charge < -0.3 is 5.73 Å². The quantitative estimate of drug-likeness (QED) is 0.880. The Morgan fingerprint density at radius 3 is 2.73 bits per heavy atom. The predicted octanol–water partition coefficient (Wildman–Crippen LogP) is 1.33. The Balaban J connectivity index is 2.24. The molecule has 0 aliphatic heterocycles. The summed E-state index contributed by atoms with van der Waals surface area (Å²) in [7, 11) is -3.26. The van der Waals surface area contributed by atoms with Gasteiger partial charge in [0.1, 0.15) is 0 Å². The Labute approximate surface area is 96.3 Å². The van der Waals surface area contributed by atoms with E-state index in [-0.39, 0.29) is 11.1 Å². The third kappa shape index (κ3) is 2.40. The number of nitrogens with two attached hydrogens (primary N) is 1. The fourth-order valence-electron chi connectivity index (χ4n) is 1.12. The molecule has 0 radical (unpaired) electrons. The summed E-state index contributed by atoms with van der Waals surface area (Å²) in [6.45, 7) is 0. The highest BCUT2D eigenvalue weighted by Crippen LogP contribution is 2.31. The van der Waals surface area contributed by atoms with Crippen molar-refractivity contribution in [2.24, 2.45) is 0 Å². The van der Waals surface area contributed by atoms with Gasteiger partial charge >= 0.3 is 0 Å². The number of halogens is 1. The van der Waals surface area contributed by atoms with Gasteiger partial charge in [-0.05, 0) is 34.8 Å². The summed E-state index contributed by atoms with van der Waals surface area (Å²) < 4.78 is 26.2. The van der Waals surface area contributed by atoms with Gasteiger partial charge in [-0.2, -0.15) is 0 Å². The number of aromatic nitrogens is 1. The smallest absolute Gasteiger partial charge is 0.236 e. The van der Waals surface area contributed by atoms with E-state index in [1.165, 1.54) is 6.20 Å². The first-order valence-electron chi connectivity index (χ1n) is 4.42. The molecule has 1 aromatic rings. The first kappa shape index (κ1) is 10.7. The van der Waals surface area contributed by atoms with Gasteiger partial charge in [0.2, 0.25) is 10.0 Å². The molecule has 7 heteroatoms. The number of sulfonamides is 1. The lowest BCUT2D eigenvalue weighted by atomic mass is 10.4. The van der Waals surface area contributed by atoms with Crippen LogP contribution in [0.3, 0.4) is 0 Å². The lowest BCUT2D eigenvalue weighted by Crippen LogP contribution is -2.18. The van der Waals surface area contributed by atoms with E-state index in [2.05, 4.69) is 25.6 Å². The summed E-state index contributed by atoms with van der Waals surface area (Å²) in [5, 5.41) is -0.260. The SMILES string of the molecule is Nc1cnc(NS(=O)(=O)C2CC2)c(Br)c1. The zero-order valence-electron chi connectivity index (χ0n) is 7.77. The van der Waals surface area contributed by atoms with Crippen molar-refractivity contribution in [2.75, 3.05) is 10.5 Å². The van der Waals surface area contributed by atoms with Crippen molar-refractivity contribution < 1.29 is 8.42 Å². The van der Waals surface area contributed by atoms with Gasteiger partial charge in [0.15, 0.2) is 5.82 Å². The van der Waals surface area contributed by atoms with E-state index in [9.17, 15) is 8.42 Å². The predicted molar refractivity (Wildman–Crippen MR) is 61.9 cm³/mol. The second-order valence-electron chi connectivity index (χ2n) is 3.45. The number of hydrogen-bond donors (Lipinski definition) is 2. The van der Waals surface area contributed by atoms with Gasteiger partial charge in [-0.1, -0.05) is 0 Å². The van der Waals surface area contributed by atoms with E-state index in [1.54, 1.807) is 6.07 Å². The fourth-order valence-corrected chi connectivity index (χ4v) is 3.08. The molecule has 1 heterocycles. The van der Waals surface area contributed by atoms with Crippen molar-refractivity contribution in [1.82, 2.24) is 4.98 Å². The zero-order chi connectivity index (χ0) is 11.1. The van der Waals surface area contributed by atoms with Crippen LogP contribution < -0.4 is 10.5 Å². The van der Waals surface area contributed by atoms with E-state index in [0.717, 1.165) is 12.8 Å². The highest BCUT2D eigenvalue weighted by Gasteiger charge is 2.36. The Hall–Kier alpha value is -0.820. The fraction of sp³-hybridized carbons (Fsp3) is 0.375. The Morgan fingerprint density at radius 1 is 1.53 bits per heavy atom. The van der Waals surface area contributed by atoms with Gasteiger partial charge in [0.05, 0.1) is 21.6 Å². The van der Waals surface area contributed by atoms with E-state index in [1.807, 2.05) is 0 Å². The number of hydrogen-bond acceptors (Lipinski definition) is 4. The van der Waals surface area contributed by atoms with Crippen LogP contribution in [-0.2, 0) is 10.0 Å². The number of pyridine rings is 1. The van der Waals surface area contributed by atoms with E-state index in [4.69, 9.17) is 5.73 Å². The molecule has 1 aromatic heterocycles. The zero-order valence-corrected chi connectivity index (χ0v) is 10.2. The van der Waals surface area contributed by atoms with Gasteiger partial charge in [-0.15, -0.1) is 0 Å². The molecule has 0 atom stereocenters. The first-order valence-corrected chi connectivity index (χ1v) is 6.75. The van der Waals surface area contributed by atoms with E-state index in [0.29, 0.717) is 10.2 Å². The number of anilines is 2. The molecule has 0 unspecified atom stereocenters. The van der Waals surface area contributed by atoms with Crippen LogP contribution in [0.4, 0.5) is 11.5 Å². The Kier molecular flexibility index (Phi) is 2.59. The molecule has 15 heavy (non-hydrogen) atoms. The minimum Gasteiger partial charge on any atom is -0.397 e. The third-order valence-electron chi connectivity index (χ3n) is 2.06. The molecule has 0 bridgehead atoms. The highest BCUT2D eigenvalue weighted by molar-refractivity contribution is 9.10. The summed E-state index contributed by atoms with van der Waals surface area (Å²) in [5.74, 6) is 0.288.